The molecule has 1 aromatic heterocycles. The molecule has 0 aliphatic rings. The Hall–Kier alpha value is -3.55. The zero-order chi connectivity index (χ0) is 18.7. The number of nitrogens with zero attached hydrogens (tertiary/aromatic N) is 1. The van der Waals surface area contributed by atoms with Gasteiger partial charge in [-0.2, -0.15) is 0 Å². The molecule has 0 saturated carbocycles. The highest BCUT2D eigenvalue weighted by atomic mass is 16.5. The highest BCUT2D eigenvalue weighted by Gasteiger charge is 2.13. The monoisotopic (exact) mass is 355 g/mol. The Morgan fingerprint density at radius 2 is 1.88 bits per heavy atom. The molecular formula is C18H17N3O5. The predicted molar refractivity (Wildman–Crippen MR) is 97.0 cm³/mol. The van der Waals surface area contributed by atoms with Crippen LogP contribution in [0.3, 0.4) is 0 Å². The third kappa shape index (κ3) is 3.30. The van der Waals surface area contributed by atoms with Crippen molar-refractivity contribution in [1.29, 1.82) is 0 Å². The summed E-state index contributed by atoms with van der Waals surface area (Å²) in [4.78, 5) is 39.5. The number of fused-ring (bicyclic) bond motifs is 1. The van der Waals surface area contributed by atoms with Crippen molar-refractivity contribution < 1.29 is 14.3 Å². The van der Waals surface area contributed by atoms with Crippen LogP contribution in [-0.2, 0) is 11.3 Å². The zero-order valence-electron chi connectivity index (χ0n) is 14.2. The molecular weight excluding hydrogens is 338 g/mol. The molecule has 0 spiro atoms. The minimum atomic E-state index is -0.648. The number of H-pyrrole nitrogens is 1. The van der Waals surface area contributed by atoms with Crippen LogP contribution in [0.15, 0.2) is 52.1 Å². The number of aromatic nitrogens is 2. The summed E-state index contributed by atoms with van der Waals surface area (Å²) >= 11 is 0. The molecule has 26 heavy (non-hydrogen) atoms. The van der Waals surface area contributed by atoms with Crippen molar-refractivity contribution >= 4 is 22.5 Å². The van der Waals surface area contributed by atoms with Crippen LogP contribution in [0, 0.1) is 0 Å². The molecule has 3 aromatic rings. The number of hydrogen-bond donors (Lipinski definition) is 2. The number of aromatic amines is 1. The molecule has 8 nitrogen and oxygen atoms in total. The number of hydrogen-bond acceptors (Lipinski definition) is 5. The predicted octanol–water partition coefficient (Wildman–Crippen LogP) is 1.35. The van der Waals surface area contributed by atoms with E-state index in [9.17, 15) is 14.4 Å². The Morgan fingerprint density at radius 1 is 1.12 bits per heavy atom. The van der Waals surface area contributed by atoms with Crippen molar-refractivity contribution in [2.45, 2.75) is 6.54 Å². The number of para-hydroxylation sites is 1. The summed E-state index contributed by atoms with van der Waals surface area (Å²) < 4.78 is 11.2. The molecule has 0 bridgehead atoms. The van der Waals surface area contributed by atoms with Crippen LogP contribution in [0.2, 0.25) is 0 Å². The molecule has 1 heterocycles. The van der Waals surface area contributed by atoms with Crippen LogP contribution < -0.4 is 26.0 Å². The van der Waals surface area contributed by atoms with E-state index in [4.69, 9.17) is 9.47 Å². The molecule has 0 aliphatic carbocycles. The second kappa shape index (κ2) is 7.14. The molecule has 0 aliphatic heterocycles. The number of amides is 1. The van der Waals surface area contributed by atoms with Crippen LogP contribution >= 0.6 is 0 Å². The second-order valence-corrected chi connectivity index (χ2v) is 5.48. The van der Waals surface area contributed by atoms with Crippen molar-refractivity contribution in [3.05, 3.63) is 63.3 Å². The second-order valence-electron chi connectivity index (χ2n) is 5.48. The van der Waals surface area contributed by atoms with Crippen LogP contribution in [0.25, 0.3) is 10.9 Å². The van der Waals surface area contributed by atoms with E-state index in [1.807, 2.05) is 0 Å². The van der Waals surface area contributed by atoms with Crippen molar-refractivity contribution in [3.8, 4) is 11.5 Å². The Morgan fingerprint density at radius 3 is 2.62 bits per heavy atom. The number of rotatable bonds is 5. The number of carbonyl (C=O) groups is 1. The van der Waals surface area contributed by atoms with Gasteiger partial charge in [0.25, 0.3) is 5.56 Å². The van der Waals surface area contributed by atoms with Gasteiger partial charge in [0.15, 0.2) is 0 Å². The van der Waals surface area contributed by atoms with Crippen molar-refractivity contribution in [3.63, 3.8) is 0 Å². The van der Waals surface area contributed by atoms with Crippen molar-refractivity contribution in [2.24, 2.45) is 0 Å². The normalized spacial score (nSPS) is 10.5. The van der Waals surface area contributed by atoms with Crippen molar-refractivity contribution in [2.75, 3.05) is 19.5 Å². The minimum Gasteiger partial charge on any atom is -0.497 e. The Kier molecular flexibility index (Phi) is 4.74. The highest BCUT2D eigenvalue weighted by Crippen LogP contribution is 2.28. The van der Waals surface area contributed by atoms with Gasteiger partial charge in [0.1, 0.15) is 18.0 Å². The summed E-state index contributed by atoms with van der Waals surface area (Å²) in [5.41, 5.74) is -0.341. The maximum Gasteiger partial charge on any atom is 0.329 e. The average molecular weight is 355 g/mol. The maximum absolute atomic E-state index is 12.5. The lowest BCUT2D eigenvalue weighted by Crippen LogP contribution is -2.38. The van der Waals surface area contributed by atoms with Gasteiger partial charge in [-0.25, -0.2) is 4.79 Å². The summed E-state index contributed by atoms with van der Waals surface area (Å²) in [7, 11) is 2.98. The number of nitrogens with one attached hydrogen (secondary N) is 2. The third-order valence-electron chi connectivity index (χ3n) is 3.87. The smallest absolute Gasteiger partial charge is 0.329 e. The van der Waals surface area contributed by atoms with Crippen LogP contribution in [0.4, 0.5) is 5.69 Å². The van der Waals surface area contributed by atoms with Crippen molar-refractivity contribution in [1.82, 2.24) is 9.55 Å². The van der Waals surface area contributed by atoms with E-state index in [2.05, 4.69) is 10.3 Å². The van der Waals surface area contributed by atoms with Gasteiger partial charge in [-0.1, -0.05) is 12.1 Å². The minimum absolute atomic E-state index is 0.335. The quantitative estimate of drug-likeness (QED) is 0.719. The fourth-order valence-corrected chi connectivity index (χ4v) is 2.58. The van der Waals surface area contributed by atoms with Gasteiger partial charge >= 0.3 is 5.69 Å². The van der Waals surface area contributed by atoms with Gasteiger partial charge in [0.05, 0.1) is 30.8 Å². The summed E-state index contributed by atoms with van der Waals surface area (Å²) in [5.74, 6) is 0.441. The van der Waals surface area contributed by atoms with E-state index in [0.29, 0.717) is 28.1 Å². The largest absolute Gasteiger partial charge is 0.497 e. The van der Waals surface area contributed by atoms with E-state index in [-0.39, 0.29) is 0 Å². The van der Waals surface area contributed by atoms with Gasteiger partial charge in [-0.15, -0.1) is 0 Å². The Bertz CT molecular complexity index is 1080. The Labute approximate surface area is 148 Å². The van der Waals surface area contributed by atoms with E-state index >= 15 is 0 Å². The van der Waals surface area contributed by atoms with E-state index < -0.39 is 23.7 Å². The summed E-state index contributed by atoms with van der Waals surface area (Å²) in [5, 5.41) is 2.97. The molecule has 0 unspecified atom stereocenters. The molecule has 8 heteroatoms. The number of ether oxygens (including phenoxy) is 2. The third-order valence-corrected chi connectivity index (χ3v) is 3.87. The van der Waals surface area contributed by atoms with E-state index in [1.54, 1.807) is 42.5 Å². The maximum atomic E-state index is 12.5. The van der Waals surface area contributed by atoms with Gasteiger partial charge in [0, 0.05) is 6.07 Å². The molecule has 0 fully saturated rings. The zero-order valence-corrected chi connectivity index (χ0v) is 14.2. The number of anilines is 1. The first-order chi connectivity index (χ1) is 12.5. The summed E-state index contributed by atoms with van der Waals surface area (Å²) in [6.07, 6.45) is 0. The molecule has 2 N–H and O–H groups in total. The summed E-state index contributed by atoms with van der Waals surface area (Å²) in [6.45, 7) is -0.422. The molecule has 2 aromatic carbocycles. The SMILES string of the molecule is COc1ccc(NC(=O)Cn2c(=O)[nH]c3ccccc3c2=O)c(OC)c1. The molecule has 1 amide bonds. The first kappa shape index (κ1) is 17.3. The first-order valence-corrected chi connectivity index (χ1v) is 7.77. The standard InChI is InChI=1S/C18H17N3O5/c1-25-11-7-8-14(15(9-11)26-2)19-16(22)10-21-17(23)12-5-3-4-6-13(12)20-18(21)24/h3-9H,10H2,1-2H3,(H,19,22)(H,20,24). The van der Waals surface area contributed by atoms with E-state index in [0.717, 1.165) is 4.57 Å². The highest BCUT2D eigenvalue weighted by molar-refractivity contribution is 5.92. The van der Waals surface area contributed by atoms with Gasteiger partial charge < -0.3 is 19.8 Å². The molecule has 134 valence electrons. The lowest BCUT2D eigenvalue weighted by atomic mass is 10.2. The topological polar surface area (TPSA) is 102 Å². The van der Waals surface area contributed by atoms with Gasteiger partial charge in [-0.05, 0) is 24.3 Å². The molecule has 3 rings (SSSR count). The lowest BCUT2D eigenvalue weighted by molar-refractivity contribution is -0.116. The molecule has 0 atom stereocenters. The average Bonchev–Trinajstić information content (AvgIpc) is 2.65. The van der Waals surface area contributed by atoms with Gasteiger partial charge in [0.2, 0.25) is 5.91 Å². The summed E-state index contributed by atoms with van der Waals surface area (Å²) in [6, 6.07) is 11.5. The number of benzene rings is 2. The first-order valence-electron chi connectivity index (χ1n) is 7.77. The lowest BCUT2D eigenvalue weighted by Gasteiger charge is -2.12. The Balaban J connectivity index is 1.89. The van der Waals surface area contributed by atoms with Gasteiger partial charge in [-0.3, -0.25) is 14.2 Å². The fraction of sp³-hybridized carbons (Fsp3) is 0.167. The van der Waals surface area contributed by atoms with E-state index in [1.165, 1.54) is 14.2 Å². The number of methoxy groups -OCH3 is 2. The van der Waals surface area contributed by atoms with Crippen LogP contribution in [0.1, 0.15) is 0 Å². The molecule has 0 radical (unpaired) electrons. The van der Waals surface area contributed by atoms with Crippen LogP contribution in [0.5, 0.6) is 11.5 Å². The van der Waals surface area contributed by atoms with Crippen LogP contribution in [-0.4, -0.2) is 29.7 Å². The molecule has 0 saturated heterocycles. The fourth-order valence-electron chi connectivity index (χ4n) is 2.58. The number of carbonyl (C=O) groups excluding carboxylic acids is 1.